The zero-order valence-corrected chi connectivity index (χ0v) is 14.1. The second kappa shape index (κ2) is 8.92. The molecular formula is C15H22O8. The molecule has 0 aliphatic heterocycles. The van der Waals surface area contributed by atoms with Gasteiger partial charge in [0.25, 0.3) is 0 Å². The van der Waals surface area contributed by atoms with Crippen LogP contribution in [-0.2, 0) is 38.1 Å². The van der Waals surface area contributed by atoms with Crippen molar-refractivity contribution in [3.8, 4) is 0 Å². The highest BCUT2D eigenvalue weighted by Gasteiger charge is 2.44. The number of ether oxygens (including phenoxy) is 4. The number of carbonyl (C=O) groups excluding carboxylic acids is 4. The summed E-state index contributed by atoms with van der Waals surface area (Å²) in [7, 11) is 2.29. The second-order valence-corrected chi connectivity index (χ2v) is 4.84. The summed E-state index contributed by atoms with van der Waals surface area (Å²) in [4.78, 5) is 47.1. The Labute approximate surface area is 134 Å². The van der Waals surface area contributed by atoms with E-state index in [0.717, 1.165) is 14.2 Å². The zero-order valence-electron chi connectivity index (χ0n) is 14.1. The van der Waals surface area contributed by atoms with Gasteiger partial charge in [0.1, 0.15) is 0 Å². The molecular weight excluding hydrogens is 308 g/mol. The van der Waals surface area contributed by atoms with E-state index in [9.17, 15) is 19.2 Å². The molecule has 0 bridgehead atoms. The first-order valence-corrected chi connectivity index (χ1v) is 6.85. The topological polar surface area (TPSA) is 105 Å². The van der Waals surface area contributed by atoms with Crippen LogP contribution in [0.5, 0.6) is 0 Å². The highest BCUT2D eigenvalue weighted by atomic mass is 16.6. The molecule has 8 nitrogen and oxygen atoms in total. The summed E-state index contributed by atoms with van der Waals surface area (Å²) in [5, 5.41) is 0. The molecule has 0 aromatic rings. The van der Waals surface area contributed by atoms with Crippen LogP contribution in [0.25, 0.3) is 0 Å². The standard InChI is InChI=1S/C15H22O8/c1-7-8-15(4,13(18)22-9(2)11(16)20-5)14(19)23-10(3)12(17)21-6/h7-10H,1-6H3. The molecule has 0 radical (unpaired) electrons. The summed E-state index contributed by atoms with van der Waals surface area (Å²) in [6.45, 7) is 5.46. The van der Waals surface area contributed by atoms with Crippen molar-refractivity contribution in [1.82, 2.24) is 0 Å². The van der Waals surface area contributed by atoms with Crippen LogP contribution in [0.2, 0.25) is 0 Å². The first-order valence-electron chi connectivity index (χ1n) is 6.85. The molecule has 0 aromatic carbocycles. The highest BCUT2D eigenvalue weighted by Crippen LogP contribution is 2.25. The van der Waals surface area contributed by atoms with E-state index in [2.05, 4.69) is 9.47 Å². The number of rotatable bonds is 7. The fraction of sp³-hybridized carbons (Fsp3) is 0.600. The molecule has 0 aliphatic rings. The molecule has 2 unspecified atom stereocenters. The van der Waals surface area contributed by atoms with Crippen molar-refractivity contribution in [2.24, 2.45) is 5.41 Å². The van der Waals surface area contributed by atoms with E-state index < -0.39 is 41.5 Å². The van der Waals surface area contributed by atoms with Crippen LogP contribution in [0.3, 0.4) is 0 Å². The van der Waals surface area contributed by atoms with Gasteiger partial charge in [-0.2, -0.15) is 0 Å². The lowest BCUT2D eigenvalue weighted by Crippen LogP contribution is -2.42. The van der Waals surface area contributed by atoms with Crippen molar-refractivity contribution in [1.29, 1.82) is 0 Å². The maximum absolute atomic E-state index is 12.2. The molecule has 0 aromatic heterocycles. The van der Waals surface area contributed by atoms with Gasteiger partial charge >= 0.3 is 23.9 Å². The largest absolute Gasteiger partial charge is 0.466 e. The minimum Gasteiger partial charge on any atom is -0.466 e. The average molecular weight is 330 g/mol. The monoisotopic (exact) mass is 330 g/mol. The highest BCUT2D eigenvalue weighted by molar-refractivity contribution is 6.03. The van der Waals surface area contributed by atoms with Crippen LogP contribution in [-0.4, -0.2) is 50.3 Å². The van der Waals surface area contributed by atoms with Gasteiger partial charge in [0.05, 0.1) is 14.2 Å². The summed E-state index contributed by atoms with van der Waals surface area (Å²) in [5.74, 6) is -3.54. The molecule has 0 rings (SSSR count). The smallest absolute Gasteiger partial charge is 0.346 e. The SMILES string of the molecule is CC=CC(C)(C(=O)OC(C)C(=O)OC)C(=O)OC(C)C(=O)OC. The summed E-state index contributed by atoms with van der Waals surface area (Å²) in [6, 6.07) is 0. The summed E-state index contributed by atoms with van der Waals surface area (Å²) in [6.07, 6.45) is 0.325. The van der Waals surface area contributed by atoms with E-state index >= 15 is 0 Å². The zero-order chi connectivity index (χ0) is 18.2. The van der Waals surface area contributed by atoms with Crippen LogP contribution in [0.4, 0.5) is 0 Å². The van der Waals surface area contributed by atoms with Gasteiger partial charge in [-0.15, -0.1) is 0 Å². The molecule has 2 atom stereocenters. The Bertz CT molecular complexity index is 458. The summed E-state index contributed by atoms with van der Waals surface area (Å²) in [5.41, 5.74) is -1.82. The van der Waals surface area contributed by atoms with Gasteiger partial charge in [0.15, 0.2) is 17.6 Å². The molecule has 0 fully saturated rings. The molecule has 0 saturated carbocycles. The third-order valence-corrected chi connectivity index (χ3v) is 2.98. The molecule has 0 heterocycles. The van der Waals surface area contributed by atoms with Crippen LogP contribution < -0.4 is 0 Å². The van der Waals surface area contributed by atoms with Gasteiger partial charge in [0.2, 0.25) is 0 Å². The molecule has 0 saturated heterocycles. The van der Waals surface area contributed by atoms with Gasteiger partial charge in [-0.25, -0.2) is 9.59 Å². The van der Waals surface area contributed by atoms with E-state index in [1.54, 1.807) is 6.92 Å². The Hall–Kier alpha value is -2.38. The van der Waals surface area contributed by atoms with Gasteiger partial charge in [-0.1, -0.05) is 12.2 Å². The minimum absolute atomic E-state index is 0.766. The van der Waals surface area contributed by atoms with Gasteiger partial charge in [0, 0.05) is 0 Å². The fourth-order valence-electron chi connectivity index (χ4n) is 1.55. The van der Waals surface area contributed by atoms with Gasteiger partial charge in [-0.3, -0.25) is 9.59 Å². The molecule has 23 heavy (non-hydrogen) atoms. The maximum atomic E-state index is 12.2. The van der Waals surface area contributed by atoms with E-state index in [1.807, 2.05) is 0 Å². The number of esters is 4. The van der Waals surface area contributed by atoms with Crippen molar-refractivity contribution in [2.75, 3.05) is 14.2 Å². The van der Waals surface area contributed by atoms with Crippen LogP contribution in [0.1, 0.15) is 27.7 Å². The normalized spacial score (nSPS) is 15.9. The first-order chi connectivity index (χ1) is 10.6. The average Bonchev–Trinajstić information content (AvgIpc) is 2.52. The number of carbonyl (C=O) groups is 4. The van der Waals surface area contributed by atoms with Crippen LogP contribution in [0, 0.1) is 5.41 Å². The first kappa shape index (κ1) is 20.6. The number of methoxy groups -OCH3 is 2. The Morgan fingerprint density at radius 1 is 0.870 bits per heavy atom. The van der Waals surface area contributed by atoms with Crippen molar-refractivity contribution in [3.05, 3.63) is 12.2 Å². The van der Waals surface area contributed by atoms with Crippen molar-refractivity contribution in [2.45, 2.75) is 39.9 Å². The van der Waals surface area contributed by atoms with Crippen molar-refractivity contribution in [3.63, 3.8) is 0 Å². The van der Waals surface area contributed by atoms with Crippen LogP contribution >= 0.6 is 0 Å². The Morgan fingerprint density at radius 2 is 1.22 bits per heavy atom. The quantitative estimate of drug-likeness (QED) is 0.292. The summed E-state index contributed by atoms with van der Waals surface area (Å²) < 4.78 is 18.7. The lowest BCUT2D eigenvalue weighted by atomic mass is 9.90. The minimum atomic E-state index is -1.82. The Morgan fingerprint density at radius 3 is 1.48 bits per heavy atom. The summed E-state index contributed by atoms with van der Waals surface area (Å²) >= 11 is 0. The number of hydrogen-bond donors (Lipinski definition) is 0. The van der Waals surface area contributed by atoms with E-state index in [1.165, 1.54) is 32.9 Å². The molecule has 0 N–H and O–H groups in total. The number of hydrogen-bond acceptors (Lipinski definition) is 8. The maximum Gasteiger partial charge on any atom is 0.346 e. The number of allylic oxidation sites excluding steroid dienone is 1. The lowest BCUT2D eigenvalue weighted by Gasteiger charge is -2.24. The lowest BCUT2D eigenvalue weighted by molar-refractivity contribution is -0.181. The van der Waals surface area contributed by atoms with Crippen molar-refractivity contribution >= 4 is 23.9 Å². The third-order valence-electron chi connectivity index (χ3n) is 2.98. The Kier molecular flexibility index (Phi) is 7.99. The molecule has 130 valence electrons. The van der Waals surface area contributed by atoms with E-state index in [4.69, 9.17) is 9.47 Å². The predicted molar refractivity (Wildman–Crippen MR) is 78.1 cm³/mol. The van der Waals surface area contributed by atoms with Crippen molar-refractivity contribution < 1.29 is 38.1 Å². The molecule has 8 heteroatoms. The van der Waals surface area contributed by atoms with E-state index in [-0.39, 0.29) is 0 Å². The Balaban J connectivity index is 5.24. The van der Waals surface area contributed by atoms with Gasteiger partial charge < -0.3 is 18.9 Å². The molecule has 0 aliphatic carbocycles. The van der Waals surface area contributed by atoms with Gasteiger partial charge in [-0.05, 0) is 27.7 Å². The molecule has 0 spiro atoms. The van der Waals surface area contributed by atoms with E-state index in [0.29, 0.717) is 0 Å². The third kappa shape index (κ3) is 5.39. The van der Waals surface area contributed by atoms with Crippen LogP contribution in [0.15, 0.2) is 12.2 Å². The molecule has 0 amide bonds. The predicted octanol–water partition coefficient (Wildman–Crippen LogP) is 0.778. The second-order valence-electron chi connectivity index (χ2n) is 4.84. The fourth-order valence-corrected chi connectivity index (χ4v) is 1.55.